The summed E-state index contributed by atoms with van der Waals surface area (Å²) in [6.45, 7) is 13.9. The number of rotatable bonds is 8. The normalized spacial score (nSPS) is 44.4. The summed E-state index contributed by atoms with van der Waals surface area (Å²) in [5, 5.41) is 0. The molecule has 0 amide bonds. The molecule has 0 radical (unpaired) electrons. The number of fused-ring (bicyclic) bond motifs is 5. The van der Waals surface area contributed by atoms with Crippen LogP contribution in [-0.2, 0) is 4.74 Å². The van der Waals surface area contributed by atoms with Crippen molar-refractivity contribution < 1.29 is 4.74 Å². The lowest BCUT2D eigenvalue weighted by molar-refractivity contribution is -0.114. The Bertz CT molecular complexity index is 583. The SMILES string of the molecule is COCC[C@H](CC[C@@H](C)[C@H]1CC[C@H]2[C@@H]3CCC4CCCC[C@]4(C)[C@H]3CC[C@]12C)C(C)C. The van der Waals surface area contributed by atoms with Crippen LogP contribution in [0.4, 0.5) is 0 Å². The van der Waals surface area contributed by atoms with Gasteiger partial charge in [0.1, 0.15) is 0 Å². The van der Waals surface area contributed by atoms with E-state index < -0.39 is 0 Å². The van der Waals surface area contributed by atoms with Crippen molar-refractivity contribution in [2.24, 2.45) is 58.2 Å². The molecule has 1 heteroatoms. The maximum atomic E-state index is 5.41. The van der Waals surface area contributed by atoms with Crippen molar-refractivity contribution in [1.82, 2.24) is 0 Å². The van der Waals surface area contributed by atoms with E-state index in [9.17, 15) is 0 Å². The van der Waals surface area contributed by atoms with Crippen LogP contribution < -0.4 is 0 Å². The Hall–Kier alpha value is -0.0400. The Morgan fingerprint density at radius 2 is 1.55 bits per heavy atom. The summed E-state index contributed by atoms with van der Waals surface area (Å²) in [5.74, 6) is 7.71. The van der Waals surface area contributed by atoms with Gasteiger partial charge in [0.2, 0.25) is 0 Å². The summed E-state index contributed by atoms with van der Waals surface area (Å²) in [4.78, 5) is 0. The molecular formula is C30H54O. The van der Waals surface area contributed by atoms with Gasteiger partial charge in [0, 0.05) is 13.7 Å². The van der Waals surface area contributed by atoms with Crippen LogP contribution in [0.5, 0.6) is 0 Å². The molecule has 0 N–H and O–H groups in total. The van der Waals surface area contributed by atoms with Crippen molar-refractivity contribution in [3.05, 3.63) is 0 Å². The van der Waals surface area contributed by atoms with Crippen LogP contribution in [0, 0.1) is 58.2 Å². The van der Waals surface area contributed by atoms with Gasteiger partial charge in [0.25, 0.3) is 0 Å². The Balaban J connectivity index is 1.41. The van der Waals surface area contributed by atoms with Crippen molar-refractivity contribution in [3.63, 3.8) is 0 Å². The molecule has 0 aromatic heterocycles. The molecule has 1 unspecified atom stereocenters. The molecule has 0 spiro atoms. The predicted octanol–water partition coefficient (Wildman–Crippen LogP) is 8.76. The van der Waals surface area contributed by atoms with E-state index in [0.717, 1.165) is 54.0 Å². The van der Waals surface area contributed by atoms with Crippen molar-refractivity contribution in [2.75, 3.05) is 13.7 Å². The third-order valence-corrected chi connectivity index (χ3v) is 12.0. The second-order valence-electron chi connectivity index (χ2n) is 13.5. The van der Waals surface area contributed by atoms with E-state index in [4.69, 9.17) is 4.74 Å². The van der Waals surface area contributed by atoms with E-state index in [1.165, 1.54) is 44.9 Å². The van der Waals surface area contributed by atoms with E-state index in [1.54, 1.807) is 38.5 Å². The molecule has 0 bridgehead atoms. The van der Waals surface area contributed by atoms with Gasteiger partial charge in [-0.15, -0.1) is 0 Å². The highest BCUT2D eigenvalue weighted by Gasteiger charge is 2.60. The average molecular weight is 431 g/mol. The molecule has 0 aromatic carbocycles. The zero-order valence-electron chi connectivity index (χ0n) is 21.9. The smallest absolute Gasteiger partial charge is 0.0465 e. The Kier molecular flexibility index (Phi) is 7.52. The highest BCUT2D eigenvalue weighted by Crippen LogP contribution is 2.68. The zero-order valence-corrected chi connectivity index (χ0v) is 21.9. The first-order valence-corrected chi connectivity index (χ1v) is 14.3. The van der Waals surface area contributed by atoms with E-state index in [0.29, 0.717) is 10.8 Å². The van der Waals surface area contributed by atoms with Gasteiger partial charge in [0.15, 0.2) is 0 Å². The fourth-order valence-electron chi connectivity index (χ4n) is 10.0. The van der Waals surface area contributed by atoms with Gasteiger partial charge in [-0.05, 0) is 122 Å². The van der Waals surface area contributed by atoms with Crippen molar-refractivity contribution in [1.29, 1.82) is 0 Å². The molecule has 0 heterocycles. The van der Waals surface area contributed by atoms with Gasteiger partial charge in [-0.3, -0.25) is 0 Å². The molecule has 1 nitrogen and oxygen atoms in total. The quantitative estimate of drug-likeness (QED) is 0.374. The second-order valence-corrected chi connectivity index (χ2v) is 13.5. The molecule has 0 aliphatic heterocycles. The van der Waals surface area contributed by atoms with Crippen LogP contribution >= 0.6 is 0 Å². The summed E-state index contributed by atoms with van der Waals surface area (Å²) >= 11 is 0. The fraction of sp³-hybridized carbons (Fsp3) is 1.00. The predicted molar refractivity (Wildman–Crippen MR) is 133 cm³/mol. The maximum absolute atomic E-state index is 5.41. The third kappa shape index (κ3) is 4.40. The zero-order chi connectivity index (χ0) is 22.2. The van der Waals surface area contributed by atoms with Crippen LogP contribution in [-0.4, -0.2) is 13.7 Å². The Morgan fingerprint density at radius 3 is 2.29 bits per heavy atom. The number of hydrogen-bond acceptors (Lipinski definition) is 1. The minimum Gasteiger partial charge on any atom is -0.385 e. The first-order chi connectivity index (χ1) is 14.8. The summed E-state index contributed by atoms with van der Waals surface area (Å²) < 4.78 is 5.41. The Labute approximate surface area is 194 Å². The van der Waals surface area contributed by atoms with E-state index in [2.05, 4.69) is 34.6 Å². The number of methoxy groups -OCH3 is 1. The third-order valence-electron chi connectivity index (χ3n) is 12.0. The van der Waals surface area contributed by atoms with Crippen LogP contribution in [0.15, 0.2) is 0 Å². The van der Waals surface area contributed by atoms with Crippen LogP contribution in [0.2, 0.25) is 0 Å². The minimum atomic E-state index is 0.637. The maximum Gasteiger partial charge on any atom is 0.0465 e. The van der Waals surface area contributed by atoms with Gasteiger partial charge >= 0.3 is 0 Å². The van der Waals surface area contributed by atoms with Gasteiger partial charge in [-0.1, -0.05) is 53.9 Å². The van der Waals surface area contributed by atoms with Gasteiger partial charge < -0.3 is 4.74 Å². The molecule has 4 rings (SSSR count). The molecule has 4 aliphatic rings. The Morgan fingerprint density at radius 1 is 0.774 bits per heavy atom. The standard InChI is InChI=1S/C30H54O/c1-21(2)23(17-20-31-6)11-10-22(3)26-14-15-27-25-13-12-24-9-7-8-18-29(24,4)28(25)16-19-30(26,27)5/h21-28H,7-20H2,1-6H3/t22-,23+,24?,25+,26-,27+,28+,29+,30-/m1/s1. The van der Waals surface area contributed by atoms with E-state index in [-0.39, 0.29) is 0 Å². The van der Waals surface area contributed by atoms with Crippen LogP contribution in [0.1, 0.15) is 118 Å². The summed E-state index contributed by atoms with van der Waals surface area (Å²) in [6.07, 6.45) is 19.5. The molecule has 4 aliphatic carbocycles. The molecular weight excluding hydrogens is 376 g/mol. The molecule has 9 atom stereocenters. The fourth-order valence-corrected chi connectivity index (χ4v) is 10.0. The first-order valence-electron chi connectivity index (χ1n) is 14.3. The highest BCUT2D eigenvalue weighted by molar-refractivity contribution is 5.09. The molecule has 31 heavy (non-hydrogen) atoms. The summed E-state index contributed by atoms with van der Waals surface area (Å²) in [6, 6.07) is 0. The first kappa shape index (κ1) is 24.1. The summed E-state index contributed by atoms with van der Waals surface area (Å²) in [7, 11) is 1.86. The van der Waals surface area contributed by atoms with Crippen molar-refractivity contribution in [2.45, 2.75) is 118 Å². The van der Waals surface area contributed by atoms with Crippen molar-refractivity contribution in [3.8, 4) is 0 Å². The minimum absolute atomic E-state index is 0.637. The van der Waals surface area contributed by atoms with Gasteiger partial charge in [-0.2, -0.15) is 0 Å². The van der Waals surface area contributed by atoms with Crippen LogP contribution in [0.25, 0.3) is 0 Å². The summed E-state index contributed by atoms with van der Waals surface area (Å²) in [5.41, 5.74) is 1.33. The van der Waals surface area contributed by atoms with Crippen LogP contribution in [0.3, 0.4) is 0 Å². The topological polar surface area (TPSA) is 9.23 Å². The largest absolute Gasteiger partial charge is 0.385 e. The monoisotopic (exact) mass is 430 g/mol. The lowest BCUT2D eigenvalue weighted by atomic mass is 9.44. The second kappa shape index (κ2) is 9.68. The van der Waals surface area contributed by atoms with Crippen molar-refractivity contribution >= 4 is 0 Å². The van der Waals surface area contributed by atoms with E-state index >= 15 is 0 Å². The van der Waals surface area contributed by atoms with Gasteiger partial charge in [-0.25, -0.2) is 0 Å². The lowest BCUT2D eigenvalue weighted by Crippen LogP contribution is -2.53. The lowest BCUT2D eigenvalue weighted by Gasteiger charge is -2.61. The molecule has 180 valence electrons. The van der Waals surface area contributed by atoms with E-state index in [1.807, 2.05) is 7.11 Å². The number of ether oxygens (including phenoxy) is 1. The molecule has 4 fully saturated rings. The molecule has 4 saturated carbocycles. The molecule has 0 aromatic rings. The highest BCUT2D eigenvalue weighted by atomic mass is 16.5. The van der Waals surface area contributed by atoms with Gasteiger partial charge in [0.05, 0.1) is 0 Å². The molecule has 0 saturated heterocycles. The average Bonchev–Trinajstić information content (AvgIpc) is 3.10. The number of hydrogen-bond donors (Lipinski definition) is 0.